The number of fused-ring (bicyclic) bond motifs is 13. The minimum atomic E-state index is 1.01. The SMILES string of the molecule is C=C1C=CC=C1.CN1C=Cc2ccccc2C1.CN1CCc2ccccc2C1.CN1Cc2ccccc2Cc2ccccc21.CN1c2ccccc2C=Cc2ccccc21.CN1c2ccccc2CCc2ccccc21.CN1c2ccccc2Cc2ccccc21.Cn1c2ccccc2c2ccccc21. The van der Waals surface area contributed by atoms with Crippen molar-refractivity contribution in [2.45, 2.75) is 51.7 Å². The summed E-state index contributed by atoms with van der Waals surface area (Å²) in [6, 6.07) is 103. The molecule has 0 bridgehead atoms. The van der Waals surface area contributed by atoms with Crippen LogP contribution in [0.15, 0.2) is 334 Å². The Bertz CT molecular complexity index is 5050. The lowest BCUT2D eigenvalue weighted by Crippen LogP contribution is -2.26. The van der Waals surface area contributed by atoms with Gasteiger partial charge in [-0.1, -0.05) is 280 Å². The number of allylic oxidation sites excluding steroid dienone is 5. The molecule has 105 heavy (non-hydrogen) atoms. The monoisotopic (exact) mass is 1370 g/mol. The molecule has 0 unspecified atom stereocenters. The third kappa shape index (κ3) is 17.4. The molecule has 1 aliphatic carbocycles. The third-order valence-electron chi connectivity index (χ3n) is 20.7. The molecule has 0 amide bonds. The van der Waals surface area contributed by atoms with Gasteiger partial charge >= 0.3 is 0 Å². The van der Waals surface area contributed by atoms with Gasteiger partial charge in [0.25, 0.3) is 0 Å². The maximum atomic E-state index is 3.68. The van der Waals surface area contributed by atoms with Crippen LogP contribution in [0.3, 0.4) is 0 Å². The van der Waals surface area contributed by atoms with Gasteiger partial charge in [0, 0.05) is 137 Å². The Labute approximate surface area is 623 Å². The van der Waals surface area contributed by atoms with Crippen LogP contribution in [0.25, 0.3) is 40.0 Å². The van der Waals surface area contributed by atoms with Crippen LogP contribution in [0.4, 0.5) is 39.8 Å². The van der Waals surface area contributed by atoms with Crippen molar-refractivity contribution < 1.29 is 0 Å². The molecule has 0 fully saturated rings. The minimum Gasteiger partial charge on any atom is -0.376 e. The molecule has 6 aliphatic heterocycles. The molecule has 0 saturated carbocycles. The molecule has 12 aromatic carbocycles. The van der Waals surface area contributed by atoms with Crippen LogP contribution in [0.2, 0.25) is 0 Å². The Morgan fingerprint density at radius 1 is 0.267 bits per heavy atom. The van der Waals surface area contributed by atoms with Gasteiger partial charge in [0.15, 0.2) is 0 Å². The van der Waals surface area contributed by atoms with Crippen molar-refractivity contribution in [2.75, 3.05) is 68.4 Å². The lowest BCUT2D eigenvalue weighted by molar-refractivity contribution is 0.313. The number of rotatable bonds is 0. The van der Waals surface area contributed by atoms with E-state index in [9.17, 15) is 0 Å². The fourth-order valence-corrected chi connectivity index (χ4v) is 15.0. The van der Waals surface area contributed by atoms with E-state index in [2.05, 4.69) is 405 Å². The summed E-state index contributed by atoms with van der Waals surface area (Å²) in [5, 5.41) is 2.68. The Hall–Kier alpha value is -11.9. The molecule has 7 heteroatoms. The molecular formula is C98H97N7. The van der Waals surface area contributed by atoms with E-state index in [0.29, 0.717) is 0 Å². The Morgan fingerprint density at radius 2 is 0.619 bits per heavy atom. The van der Waals surface area contributed by atoms with Gasteiger partial charge < -0.3 is 34.0 Å². The van der Waals surface area contributed by atoms with E-state index in [1.165, 1.54) is 147 Å². The molecule has 0 saturated heterocycles. The zero-order chi connectivity index (χ0) is 72.4. The maximum absolute atomic E-state index is 3.68. The molecule has 1 aromatic heterocycles. The summed E-state index contributed by atoms with van der Waals surface area (Å²) in [7, 11) is 15.0. The first-order valence-electron chi connectivity index (χ1n) is 36.8. The van der Waals surface area contributed by atoms with Crippen molar-refractivity contribution in [3.63, 3.8) is 0 Å². The largest absolute Gasteiger partial charge is 0.376 e. The van der Waals surface area contributed by atoms with Crippen molar-refractivity contribution >= 4 is 79.8 Å². The second-order valence-electron chi connectivity index (χ2n) is 27.8. The van der Waals surface area contributed by atoms with Crippen molar-refractivity contribution in [2.24, 2.45) is 7.05 Å². The van der Waals surface area contributed by atoms with Crippen LogP contribution in [0.1, 0.15) is 72.3 Å². The molecule has 0 spiro atoms. The molecule has 0 N–H and O–H groups in total. The Kier molecular flexibility index (Phi) is 23.4. The highest BCUT2D eigenvalue weighted by molar-refractivity contribution is 6.07. The lowest BCUT2D eigenvalue weighted by Gasteiger charge is -2.29. The summed E-state index contributed by atoms with van der Waals surface area (Å²) in [5.41, 5.74) is 31.3. The van der Waals surface area contributed by atoms with Crippen LogP contribution in [-0.2, 0) is 58.8 Å². The van der Waals surface area contributed by atoms with E-state index in [1.54, 1.807) is 0 Å². The molecule has 20 rings (SSSR count). The van der Waals surface area contributed by atoms with Gasteiger partial charge in [0.1, 0.15) is 0 Å². The number of aromatic nitrogens is 1. The number of hydrogen-bond acceptors (Lipinski definition) is 6. The number of para-hydroxylation sites is 9. The van der Waals surface area contributed by atoms with Crippen molar-refractivity contribution in [3.8, 4) is 0 Å². The van der Waals surface area contributed by atoms with E-state index in [0.717, 1.165) is 50.9 Å². The molecule has 7 aliphatic rings. The smallest absolute Gasteiger partial charge is 0.0488 e. The first-order chi connectivity index (χ1) is 51.4. The highest BCUT2D eigenvalue weighted by Crippen LogP contribution is 2.39. The van der Waals surface area contributed by atoms with E-state index >= 15 is 0 Å². The Balaban J connectivity index is 0.000000108. The van der Waals surface area contributed by atoms with E-state index in [4.69, 9.17) is 0 Å². The quantitative estimate of drug-likeness (QED) is 0.150. The van der Waals surface area contributed by atoms with E-state index in [-0.39, 0.29) is 0 Å². The normalized spacial score (nSPS) is 14.0. The van der Waals surface area contributed by atoms with Gasteiger partial charge in [0.2, 0.25) is 0 Å². The molecule has 0 radical (unpaired) electrons. The van der Waals surface area contributed by atoms with E-state index in [1.807, 2.05) is 24.3 Å². The first kappa shape index (κ1) is 71.5. The molecule has 7 nitrogen and oxygen atoms in total. The lowest BCUT2D eigenvalue weighted by atomic mass is 9.96. The van der Waals surface area contributed by atoms with Gasteiger partial charge in [-0.05, 0) is 178 Å². The summed E-state index contributed by atoms with van der Waals surface area (Å²) >= 11 is 0. The molecular weight excluding hydrogens is 1280 g/mol. The summed E-state index contributed by atoms with van der Waals surface area (Å²) in [4.78, 5) is 13.7. The van der Waals surface area contributed by atoms with Crippen molar-refractivity contribution in [1.82, 2.24) is 14.4 Å². The van der Waals surface area contributed by atoms with Gasteiger partial charge in [0.05, 0.1) is 0 Å². The summed E-state index contributed by atoms with van der Waals surface area (Å²) < 4.78 is 2.24. The fourth-order valence-electron chi connectivity index (χ4n) is 15.0. The summed E-state index contributed by atoms with van der Waals surface area (Å²) in [6.45, 7) is 8.05. The third-order valence-corrected chi connectivity index (χ3v) is 20.7. The molecule has 524 valence electrons. The van der Waals surface area contributed by atoms with Gasteiger partial charge in [-0.2, -0.15) is 0 Å². The second kappa shape index (κ2) is 34.4. The molecule has 13 aromatic rings. The van der Waals surface area contributed by atoms with Crippen LogP contribution in [-0.4, -0.2) is 63.2 Å². The molecule has 7 heterocycles. The van der Waals surface area contributed by atoms with E-state index < -0.39 is 0 Å². The number of nitrogens with zero attached hydrogens (tertiary/aromatic N) is 7. The summed E-state index contributed by atoms with van der Waals surface area (Å²) in [5.74, 6) is 0. The standard InChI is InChI=1S/C15H15N.C15H13N.C15H15N.C14H13N.C13H11N.C10H13N.C10H11N.C6H6/c2*1-16-14-8-4-2-6-12(14)10-11-13-7-3-5-9-15(13)16;1-16-11-14-8-3-2-6-12(14)10-13-7-4-5-9-15(13)16;1-15-13-8-4-2-6-11(13)10-12-7-3-5-9-14(12)15;1-14-12-8-4-2-6-10(12)11-7-3-5-9-13(11)14;2*1-11-7-6-9-4-2-3-5-10(9)8-11;1-6-4-2-3-5-6/h2-9H,10-11H2,1H3;2-11H,1H3;2-9H,10-11H2,1H3;2-9H,10H2,1H3;2-9H,1H3;2-5H,6-8H2,1H3;2-7H,8H2,1H3;2-5H,1H2. The summed E-state index contributed by atoms with van der Waals surface area (Å²) in [6.07, 6.45) is 22.1. The van der Waals surface area contributed by atoms with Gasteiger partial charge in [-0.3, -0.25) is 0 Å². The zero-order valence-electron chi connectivity index (χ0n) is 62.0. The zero-order valence-corrected chi connectivity index (χ0v) is 62.0. The number of aryl methyl sites for hydroxylation is 3. The van der Waals surface area contributed by atoms with Gasteiger partial charge in [-0.15, -0.1) is 0 Å². The predicted octanol–water partition coefficient (Wildman–Crippen LogP) is 22.9. The fraction of sp³-hybridized carbons (Fsp3) is 0.163. The number of likely N-dealkylation sites (N-methyl/N-ethyl adjacent to an activating group) is 1. The topological polar surface area (TPSA) is 24.4 Å². The number of anilines is 7. The van der Waals surface area contributed by atoms with Crippen LogP contribution < -0.4 is 19.6 Å². The van der Waals surface area contributed by atoms with Gasteiger partial charge in [-0.25, -0.2) is 0 Å². The highest BCUT2D eigenvalue weighted by atomic mass is 15.1. The first-order valence-corrected chi connectivity index (χ1v) is 36.8. The van der Waals surface area contributed by atoms with Crippen molar-refractivity contribution in [1.29, 1.82) is 0 Å². The molecule has 0 atom stereocenters. The van der Waals surface area contributed by atoms with Crippen LogP contribution >= 0.6 is 0 Å². The van der Waals surface area contributed by atoms with Crippen LogP contribution in [0, 0.1) is 0 Å². The highest BCUT2D eigenvalue weighted by Gasteiger charge is 2.21. The van der Waals surface area contributed by atoms with Crippen molar-refractivity contribution in [3.05, 3.63) is 406 Å². The number of benzene rings is 12. The Morgan fingerprint density at radius 3 is 1.11 bits per heavy atom. The average Bonchev–Trinajstić information content (AvgIpc) is 1.76. The minimum absolute atomic E-state index is 1.01. The number of hydrogen-bond donors (Lipinski definition) is 0. The predicted molar refractivity (Wildman–Crippen MR) is 451 cm³/mol. The maximum Gasteiger partial charge on any atom is 0.0488 e. The van der Waals surface area contributed by atoms with Crippen LogP contribution in [0.5, 0.6) is 0 Å². The second-order valence-corrected chi connectivity index (χ2v) is 27.8. The average molecular weight is 1370 g/mol.